The molecule has 0 saturated carbocycles. The minimum Gasteiger partial charge on any atom is -0.492 e. The van der Waals surface area contributed by atoms with Gasteiger partial charge in [0.15, 0.2) is 0 Å². The predicted octanol–water partition coefficient (Wildman–Crippen LogP) is 9.41. The second-order valence-electron chi connectivity index (χ2n) is 13.8. The summed E-state index contributed by atoms with van der Waals surface area (Å²) in [5.74, 6) is 1.90. The van der Waals surface area contributed by atoms with Crippen molar-refractivity contribution in [2.24, 2.45) is 10.8 Å². The minimum absolute atomic E-state index is 0.0409. The fourth-order valence-electron chi connectivity index (χ4n) is 6.91. The van der Waals surface area contributed by atoms with Gasteiger partial charge in [-0.25, -0.2) is 0 Å². The van der Waals surface area contributed by atoms with Gasteiger partial charge in [0.2, 0.25) is 0 Å². The molecule has 0 unspecified atom stereocenters. The van der Waals surface area contributed by atoms with E-state index in [1.807, 2.05) is 0 Å². The van der Waals surface area contributed by atoms with E-state index < -0.39 is 0 Å². The van der Waals surface area contributed by atoms with E-state index in [1.54, 1.807) is 0 Å². The molecule has 0 spiro atoms. The molecule has 2 heterocycles. The van der Waals surface area contributed by atoms with Crippen LogP contribution < -0.4 is 9.47 Å². The Labute approximate surface area is 258 Å². The van der Waals surface area contributed by atoms with E-state index in [-0.39, 0.29) is 10.8 Å². The third-order valence-corrected chi connectivity index (χ3v) is 9.44. The highest BCUT2D eigenvalue weighted by molar-refractivity contribution is 6.26. The molecule has 4 nitrogen and oxygen atoms in total. The summed E-state index contributed by atoms with van der Waals surface area (Å²) in [6.45, 7) is 13.0. The largest absolute Gasteiger partial charge is 0.492 e. The summed E-state index contributed by atoms with van der Waals surface area (Å²) in [4.78, 5) is 0. The molecule has 0 N–H and O–H groups in total. The lowest BCUT2D eigenvalue weighted by Crippen LogP contribution is -2.44. The molecule has 2 saturated heterocycles. The molecule has 6 aromatic rings. The first-order chi connectivity index (χ1) is 21.3. The Hall–Kier alpha value is -4.12. The van der Waals surface area contributed by atoms with Crippen molar-refractivity contribution in [2.75, 3.05) is 39.6 Å². The number of benzene rings is 6. The Kier molecular flexibility index (Phi) is 6.37. The zero-order chi connectivity index (χ0) is 30.1. The number of hydrogen-bond donors (Lipinski definition) is 0. The molecular formula is C40H38O4. The Balaban J connectivity index is 1.45. The molecule has 8 rings (SSSR count). The lowest BCUT2D eigenvalue weighted by atomic mass is 9.84. The Morgan fingerprint density at radius 3 is 1.23 bits per heavy atom. The highest BCUT2D eigenvalue weighted by Gasteiger charge is 2.36. The summed E-state index contributed by atoms with van der Waals surface area (Å²) in [6, 6.07) is 31.0. The molecule has 2 fully saturated rings. The van der Waals surface area contributed by atoms with Crippen LogP contribution in [0.4, 0.5) is 0 Å². The molecule has 2 aliphatic rings. The van der Waals surface area contributed by atoms with Gasteiger partial charge in [0.25, 0.3) is 0 Å². The van der Waals surface area contributed by atoms with Crippen LogP contribution in [0.15, 0.2) is 84.9 Å². The van der Waals surface area contributed by atoms with Crippen LogP contribution in [0.1, 0.15) is 25.0 Å². The van der Waals surface area contributed by atoms with Crippen molar-refractivity contribution >= 4 is 43.1 Å². The van der Waals surface area contributed by atoms with Crippen LogP contribution in [0.5, 0.6) is 11.5 Å². The second kappa shape index (κ2) is 10.2. The van der Waals surface area contributed by atoms with Crippen LogP contribution in [-0.4, -0.2) is 39.6 Å². The van der Waals surface area contributed by atoms with Crippen LogP contribution in [0.3, 0.4) is 0 Å². The van der Waals surface area contributed by atoms with E-state index in [0.717, 1.165) is 59.5 Å². The van der Waals surface area contributed by atoms with Gasteiger partial charge in [0, 0.05) is 32.4 Å². The molecule has 6 aromatic carbocycles. The van der Waals surface area contributed by atoms with E-state index in [4.69, 9.17) is 18.9 Å². The maximum atomic E-state index is 6.75. The molecule has 0 aromatic heterocycles. The van der Waals surface area contributed by atoms with E-state index in [2.05, 4.69) is 113 Å². The third kappa shape index (κ3) is 4.43. The lowest BCUT2D eigenvalue weighted by Gasteiger charge is -2.38. The number of aryl methyl sites for hydroxylation is 2. The van der Waals surface area contributed by atoms with Gasteiger partial charge in [-0.05, 0) is 46.5 Å². The summed E-state index contributed by atoms with van der Waals surface area (Å²) >= 11 is 0. The number of fused-ring (bicyclic) bond motifs is 4. The predicted molar refractivity (Wildman–Crippen MR) is 180 cm³/mol. The SMILES string of the molecule is Cc1ccc2c(OCC3(C)COC3)c3ccccc3c(-c3c4ccccc4c(OCC4(C)COC4)c4ccc(C)cc34)c2c1. The Morgan fingerprint density at radius 2 is 0.864 bits per heavy atom. The van der Waals surface area contributed by atoms with Gasteiger partial charge in [-0.3, -0.25) is 0 Å². The maximum absolute atomic E-state index is 6.75. The Morgan fingerprint density at radius 1 is 0.500 bits per heavy atom. The van der Waals surface area contributed by atoms with E-state index in [9.17, 15) is 0 Å². The summed E-state index contributed by atoms with van der Waals surface area (Å²) in [5, 5.41) is 9.32. The van der Waals surface area contributed by atoms with Crippen molar-refractivity contribution in [3.8, 4) is 22.6 Å². The first-order valence-electron chi connectivity index (χ1n) is 15.6. The van der Waals surface area contributed by atoms with Crippen LogP contribution in [0.25, 0.3) is 54.2 Å². The van der Waals surface area contributed by atoms with Crippen LogP contribution in [0.2, 0.25) is 0 Å². The van der Waals surface area contributed by atoms with Crippen molar-refractivity contribution in [3.05, 3.63) is 96.1 Å². The van der Waals surface area contributed by atoms with Gasteiger partial charge in [-0.2, -0.15) is 0 Å². The van der Waals surface area contributed by atoms with Crippen molar-refractivity contribution < 1.29 is 18.9 Å². The van der Waals surface area contributed by atoms with Crippen molar-refractivity contribution in [3.63, 3.8) is 0 Å². The standard InChI is InChI=1S/C40H38O4/c1-25-13-15-31-33(17-25)35(27-9-5-7-11-29(27)37(31)43-23-39(3)19-41-20-39)36-28-10-6-8-12-30(28)38(44-24-40(4)21-42-22-40)32-16-14-26(2)18-34(32)36/h5-18H,19-24H2,1-4H3. The molecule has 222 valence electrons. The van der Waals surface area contributed by atoms with Crippen LogP contribution >= 0.6 is 0 Å². The van der Waals surface area contributed by atoms with Crippen LogP contribution in [-0.2, 0) is 9.47 Å². The zero-order valence-corrected chi connectivity index (χ0v) is 26.0. The fraction of sp³-hybridized carbons (Fsp3) is 0.300. The highest BCUT2D eigenvalue weighted by Crippen LogP contribution is 2.50. The van der Waals surface area contributed by atoms with E-state index in [1.165, 1.54) is 43.8 Å². The number of hydrogen-bond acceptors (Lipinski definition) is 4. The second-order valence-corrected chi connectivity index (χ2v) is 13.8. The molecular weight excluding hydrogens is 544 g/mol. The topological polar surface area (TPSA) is 36.9 Å². The molecule has 4 heteroatoms. The first-order valence-corrected chi connectivity index (χ1v) is 15.6. The molecule has 0 amide bonds. The first kappa shape index (κ1) is 27.4. The molecule has 0 bridgehead atoms. The van der Waals surface area contributed by atoms with Crippen LogP contribution in [0, 0.1) is 24.7 Å². The van der Waals surface area contributed by atoms with Gasteiger partial charge in [-0.15, -0.1) is 0 Å². The quantitative estimate of drug-likeness (QED) is 0.176. The molecule has 2 aliphatic heterocycles. The summed E-state index contributed by atoms with van der Waals surface area (Å²) < 4.78 is 24.6. The highest BCUT2D eigenvalue weighted by atomic mass is 16.5. The van der Waals surface area contributed by atoms with Crippen molar-refractivity contribution in [1.82, 2.24) is 0 Å². The van der Waals surface area contributed by atoms with Gasteiger partial charge in [0.1, 0.15) is 11.5 Å². The van der Waals surface area contributed by atoms with Crippen molar-refractivity contribution in [1.29, 1.82) is 0 Å². The third-order valence-electron chi connectivity index (χ3n) is 9.44. The van der Waals surface area contributed by atoms with Gasteiger partial charge >= 0.3 is 0 Å². The van der Waals surface area contributed by atoms with Gasteiger partial charge in [-0.1, -0.05) is 110 Å². The minimum atomic E-state index is 0.0409. The average Bonchev–Trinajstić information content (AvgIpc) is 3.00. The molecule has 0 atom stereocenters. The van der Waals surface area contributed by atoms with Gasteiger partial charge in [0.05, 0.1) is 39.6 Å². The summed E-state index contributed by atoms with van der Waals surface area (Å²) in [7, 11) is 0. The monoisotopic (exact) mass is 582 g/mol. The number of rotatable bonds is 7. The van der Waals surface area contributed by atoms with Gasteiger partial charge < -0.3 is 18.9 Å². The lowest BCUT2D eigenvalue weighted by molar-refractivity contribution is -0.120. The maximum Gasteiger partial charge on any atom is 0.135 e. The van der Waals surface area contributed by atoms with E-state index in [0.29, 0.717) is 13.2 Å². The van der Waals surface area contributed by atoms with Crippen molar-refractivity contribution in [2.45, 2.75) is 27.7 Å². The normalized spacial score (nSPS) is 17.1. The summed E-state index contributed by atoms with van der Waals surface area (Å²) in [6.07, 6.45) is 0. The van der Waals surface area contributed by atoms with E-state index >= 15 is 0 Å². The number of ether oxygens (including phenoxy) is 4. The molecule has 0 radical (unpaired) electrons. The summed E-state index contributed by atoms with van der Waals surface area (Å²) in [5.41, 5.74) is 5.00. The molecule has 0 aliphatic carbocycles. The Bertz CT molecular complexity index is 1930. The molecule has 44 heavy (non-hydrogen) atoms. The average molecular weight is 583 g/mol. The smallest absolute Gasteiger partial charge is 0.135 e. The zero-order valence-electron chi connectivity index (χ0n) is 26.0. The fourth-order valence-corrected chi connectivity index (χ4v) is 6.91.